The molecule has 2 aliphatic heterocycles. The summed E-state index contributed by atoms with van der Waals surface area (Å²) in [5.74, 6) is 1.98. The fourth-order valence-corrected chi connectivity index (χ4v) is 3.75. The maximum Gasteiger partial charge on any atom is 0.257 e. The summed E-state index contributed by atoms with van der Waals surface area (Å²) in [6.07, 6.45) is 1.16. The van der Waals surface area contributed by atoms with Crippen molar-refractivity contribution in [3.05, 3.63) is 39.7 Å². The van der Waals surface area contributed by atoms with Crippen molar-refractivity contribution in [2.45, 2.75) is 30.8 Å². The number of fused-ring (bicyclic) bond motifs is 2. The lowest BCUT2D eigenvalue weighted by molar-refractivity contribution is -0.116. The lowest BCUT2D eigenvalue weighted by atomic mass is 9.86. The van der Waals surface area contributed by atoms with Gasteiger partial charge in [0, 0.05) is 18.1 Å². The Morgan fingerprint density at radius 1 is 1.28 bits per heavy atom. The number of rotatable bonds is 4. The molecule has 3 heterocycles. The topological polar surface area (TPSA) is 93.3 Å². The maximum atomic E-state index is 12.7. The van der Waals surface area contributed by atoms with Gasteiger partial charge in [-0.2, -0.15) is 0 Å². The van der Waals surface area contributed by atoms with Crippen molar-refractivity contribution in [1.29, 1.82) is 0 Å². The summed E-state index contributed by atoms with van der Waals surface area (Å²) in [6.45, 7) is 2.24. The smallest absolute Gasteiger partial charge is 0.257 e. The largest absolute Gasteiger partial charge is 0.454 e. The van der Waals surface area contributed by atoms with Crippen LogP contribution in [0.15, 0.2) is 28.2 Å². The molecule has 2 N–H and O–H groups in total. The summed E-state index contributed by atoms with van der Waals surface area (Å²) >= 11 is 1.47. The number of carbonyl (C=O) groups is 1. The fourth-order valence-electron chi connectivity index (χ4n) is 3.03. The monoisotopic (exact) mass is 359 g/mol. The fraction of sp³-hybridized carbons (Fsp3) is 0.353. The van der Waals surface area contributed by atoms with Crippen LogP contribution in [0, 0.1) is 0 Å². The van der Waals surface area contributed by atoms with E-state index in [1.807, 2.05) is 12.1 Å². The van der Waals surface area contributed by atoms with Gasteiger partial charge in [-0.3, -0.25) is 9.59 Å². The molecule has 130 valence electrons. The van der Waals surface area contributed by atoms with Crippen LogP contribution in [0.2, 0.25) is 0 Å². The van der Waals surface area contributed by atoms with Gasteiger partial charge in [-0.1, -0.05) is 24.8 Å². The molecule has 0 saturated carbocycles. The van der Waals surface area contributed by atoms with Gasteiger partial charge in [0.1, 0.15) is 5.82 Å². The van der Waals surface area contributed by atoms with Crippen molar-refractivity contribution >= 4 is 23.5 Å². The Balaban J connectivity index is 1.76. The molecule has 2 aromatic rings. The first-order chi connectivity index (χ1) is 12.2. The predicted octanol–water partition coefficient (Wildman–Crippen LogP) is 2.47. The second kappa shape index (κ2) is 6.44. The zero-order valence-corrected chi connectivity index (χ0v) is 14.4. The van der Waals surface area contributed by atoms with Gasteiger partial charge in [-0.25, -0.2) is 4.98 Å². The molecular formula is C17H17N3O4S. The molecule has 1 aromatic heterocycles. The van der Waals surface area contributed by atoms with Crippen molar-refractivity contribution in [1.82, 2.24) is 9.97 Å². The SMILES string of the molecule is CCCSc1nc2c(c(=O)[nH]1)[C@H](c1ccc3c(c1)OCO3)CC(=O)N2. The average Bonchev–Trinajstić information content (AvgIpc) is 3.06. The molecule has 0 saturated heterocycles. The molecule has 0 unspecified atom stereocenters. The van der Waals surface area contributed by atoms with E-state index < -0.39 is 0 Å². The highest BCUT2D eigenvalue weighted by Gasteiger charge is 2.32. The summed E-state index contributed by atoms with van der Waals surface area (Å²) < 4.78 is 10.7. The van der Waals surface area contributed by atoms with Gasteiger partial charge in [0.2, 0.25) is 12.7 Å². The first-order valence-electron chi connectivity index (χ1n) is 8.12. The van der Waals surface area contributed by atoms with Crippen LogP contribution in [-0.2, 0) is 4.79 Å². The molecular weight excluding hydrogens is 342 g/mol. The second-order valence-corrected chi connectivity index (χ2v) is 6.98. The number of carbonyl (C=O) groups excluding carboxylic acids is 1. The summed E-state index contributed by atoms with van der Waals surface area (Å²) in [5.41, 5.74) is 1.10. The average molecular weight is 359 g/mol. The van der Waals surface area contributed by atoms with E-state index in [1.165, 1.54) is 11.8 Å². The Bertz CT molecular complexity index is 896. The van der Waals surface area contributed by atoms with Gasteiger partial charge in [0.05, 0.1) is 5.56 Å². The van der Waals surface area contributed by atoms with Gasteiger partial charge >= 0.3 is 0 Å². The zero-order valence-electron chi connectivity index (χ0n) is 13.6. The van der Waals surface area contributed by atoms with Gasteiger partial charge < -0.3 is 19.8 Å². The first-order valence-corrected chi connectivity index (χ1v) is 9.10. The Kier molecular flexibility index (Phi) is 4.12. The summed E-state index contributed by atoms with van der Waals surface area (Å²) in [5, 5.41) is 3.26. The molecule has 4 rings (SSSR count). The number of anilines is 1. The molecule has 0 fully saturated rings. The molecule has 0 bridgehead atoms. The van der Waals surface area contributed by atoms with Gasteiger partial charge in [-0.15, -0.1) is 0 Å². The van der Waals surface area contributed by atoms with Crippen molar-refractivity contribution in [2.75, 3.05) is 17.9 Å². The number of hydrogen-bond donors (Lipinski definition) is 2. The molecule has 0 radical (unpaired) electrons. The van der Waals surface area contributed by atoms with E-state index in [0.29, 0.717) is 28.0 Å². The van der Waals surface area contributed by atoms with Crippen molar-refractivity contribution in [3.8, 4) is 11.5 Å². The van der Waals surface area contributed by atoms with Crippen molar-refractivity contribution < 1.29 is 14.3 Å². The van der Waals surface area contributed by atoms with E-state index in [0.717, 1.165) is 17.7 Å². The quantitative estimate of drug-likeness (QED) is 0.643. The van der Waals surface area contributed by atoms with Gasteiger partial charge in [0.25, 0.3) is 5.56 Å². The summed E-state index contributed by atoms with van der Waals surface area (Å²) in [7, 11) is 0. The van der Waals surface area contributed by atoms with E-state index in [4.69, 9.17) is 9.47 Å². The number of nitrogens with zero attached hydrogens (tertiary/aromatic N) is 1. The van der Waals surface area contributed by atoms with Crippen LogP contribution in [0.3, 0.4) is 0 Å². The van der Waals surface area contributed by atoms with Crippen LogP contribution < -0.4 is 20.3 Å². The van der Waals surface area contributed by atoms with Crippen molar-refractivity contribution in [2.24, 2.45) is 0 Å². The number of benzene rings is 1. The highest BCUT2D eigenvalue weighted by Crippen LogP contribution is 2.39. The number of thioether (sulfide) groups is 1. The highest BCUT2D eigenvalue weighted by molar-refractivity contribution is 7.99. The number of amides is 1. The van der Waals surface area contributed by atoms with E-state index >= 15 is 0 Å². The Morgan fingerprint density at radius 3 is 2.96 bits per heavy atom. The Hall–Kier alpha value is -2.48. The molecule has 2 aliphatic rings. The maximum absolute atomic E-state index is 12.7. The highest BCUT2D eigenvalue weighted by atomic mass is 32.2. The molecule has 1 atom stereocenters. The van der Waals surface area contributed by atoms with Crippen LogP contribution in [0.25, 0.3) is 0 Å². The number of nitrogens with one attached hydrogen (secondary N) is 2. The van der Waals surface area contributed by atoms with E-state index in [2.05, 4.69) is 22.2 Å². The Morgan fingerprint density at radius 2 is 2.12 bits per heavy atom. The van der Waals surface area contributed by atoms with E-state index in [-0.39, 0.29) is 30.6 Å². The van der Waals surface area contributed by atoms with Crippen LogP contribution >= 0.6 is 11.8 Å². The van der Waals surface area contributed by atoms with E-state index in [9.17, 15) is 9.59 Å². The third kappa shape index (κ3) is 2.97. The molecule has 8 heteroatoms. The summed E-state index contributed by atoms with van der Waals surface area (Å²) in [4.78, 5) is 32.1. The number of aromatic nitrogens is 2. The zero-order chi connectivity index (χ0) is 17.4. The third-order valence-electron chi connectivity index (χ3n) is 4.17. The molecule has 1 amide bonds. The van der Waals surface area contributed by atoms with E-state index in [1.54, 1.807) is 6.07 Å². The third-order valence-corrected chi connectivity index (χ3v) is 5.25. The minimum Gasteiger partial charge on any atom is -0.454 e. The molecule has 25 heavy (non-hydrogen) atoms. The Labute approximate surface area is 148 Å². The molecule has 0 spiro atoms. The predicted molar refractivity (Wildman–Crippen MR) is 93.5 cm³/mol. The molecule has 7 nitrogen and oxygen atoms in total. The minimum absolute atomic E-state index is 0.153. The van der Waals surface area contributed by atoms with Crippen LogP contribution in [0.1, 0.15) is 36.8 Å². The number of hydrogen-bond acceptors (Lipinski definition) is 6. The van der Waals surface area contributed by atoms with Crippen LogP contribution in [0.5, 0.6) is 11.5 Å². The van der Waals surface area contributed by atoms with Gasteiger partial charge in [0.15, 0.2) is 16.7 Å². The lowest BCUT2D eigenvalue weighted by Crippen LogP contribution is -2.31. The normalized spacial score (nSPS) is 18.0. The molecule has 1 aromatic carbocycles. The lowest BCUT2D eigenvalue weighted by Gasteiger charge is -2.24. The molecule has 0 aliphatic carbocycles. The van der Waals surface area contributed by atoms with Gasteiger partial charge in [-0.05, 0) is 24.1 Å². The number of H-pyrrole nitrogens is 1. The number of ether oxygens (including phenoxy) is 2. The van der Waals surface area contributed by atoms with Crippen LogP contribution in [-0.4, -0.2) is 28.4 Å². The van der Waals surface area contributed by atoms with Crippen LogP contribution in [0.4, 0.5) is 5.82 Å². The summed E-state index contributed by atoms with van der Waals surface area (Å²) in [6, 6.07) is 5.49. The second-order valence-electron chi connectivity index (χ2n) is 5.90. The van der Waals surface area contributed by atoms with Crippen molar-refractivity contribution in [3.63, 3.8) is 0 Å². The minimum atomic E-state index is -0.361. The standard InChI is InChI=1S/C17H17N3O4S/c1-2-5-25-17-19-15-14(16(22)20-17)10(7-13(21)18-15)9-3-4-11-12(6-9)24-8-23-11/h3-4,6,10H,2,5,7-8H2,1H3,(H2,18,19,20,21,22)/t10-/m0/s1. The number of aromatic amines is 1. The first kappa shape index (κ1) is 16.0.